The standard InChI is InChI=1S/C39H45FN12O7/c1-5-50-28(13-20(2)47-50)36(56)46-39-44-27-16-24(35(42)55)18-31-33(27)52(39)25(19-59-31)7-6-10-49-32-26(15-23(34(41)54)17-30(32)58-12-8-22(4)53)43-38(49)45-37(57)29-14-21(3)48-51(29)11-9-40/h13-18,22,25,53H,5-12,19H2,1-4H3,(H2,41,54)(H2,42,55)(H,43,45,57)(H,44,46,56)/t22?,25-/m0/s1. The van der Waals surface area contributed by atoms with Crippen LogP contribution in [0.5, 0.6) is 11.5 Å². The lowest BCUT2D eigenvalue weighted by Gasteiger charge is -2.27. The minimum absolute atomic E-state index is 0.101. The van der Waals surface area contributed by atoms with Crippen molar-refractivity contribution in [2.24, 2.45) is 11.5 Å². The summed E-state index contributed by atoms with van der Waals surface area (Å²) in [5, 5.41) is 24.4. The summed E-state index contributed by atoms with van der Waals surface area (Å²) < 4.78 is 32.2. The van der Waals surface area contributed by atoms with Gasteiger partial charge in [-0.25, -0.2) is 14.4 Å². The second kappa shape index (κ2) is 16.6. The van der Waals surface area contributed by atoms with E-state index >= 15 is 0 Å². The molecule has 5 heterocycles. The van der Waals surface area contributed by atoms with Gasteiger partial charge in [0.1, 0.15) is 47.2 Å². The summed E-state index contributed by atoms with van der Waals surface area (Å²) in [5.74, 6) is -1.41. The SMILES string of the molecule is CCn1nc(C)cc1C(=O)Nc1nc2cc(C(N)=O)cc3c2n1[C@@H](CCCn1c(NC(=O)c2cc(C)nn2CCF)nc2cc(C(N)=O)cc(OCCC(C)O)c21)CO3. The largest absolute Gasteiger partial charge is 0.491 e. The molecule has 0 aliphatic carbocycles. The summed E-state index contributed by atoms with van der Waals surface area (Å²) in [4.78, 5) is 61.4. The third kappa shape index (κ3) is 8.15. The van der Waals surface area contributed by atoms with Crippen LogP contribution in [0.15, 0.2) is 36.4 Å². The van der Waals surface area contributed by atoms with E-state index in [0.717, 1.165) is 0 Å². The monoisotopic (exact) mass is 812 g/mol. The number of aromatic nitrogens is 8. The van der Waals surface area contributed by atoms with Crippen LogP contribution in [0.2, 0.25) is 0 Å². The first-order valence-electron chi connectivity index (χ1n) is 19.2. The average Bonchev–Trinajstić information content (AvgIpc) is 3.95. The number of aliphatic hydroxyl groups is 1. The third-order valence-corrected chi connectivity index (χ3v) is 9.95. The van der Waals surface area contributed by atoms with Gasteiger partial charge in [0.15, 0.2) is 0 Å². The molecule has 2 atom stereocenters. The molecule has 2 aromatic carbocycles. The van der Waals surface area contributed by atoms with E-state index in [9.17, 15) is 28.7 Å². The van der Waals surface area contributed by atoms with Gasteiger partial charge in [-0.15, -0.1) is 0 Å². The molecule has 1 aliphatic heterocycles. The number of carbonyl (C=O) groups excluding carboxylic acids is 4. The number of carbonyl (C=O) groups is 4. The van der Waals surface area contributed by atoms with Crippen molar-refractivity contribution in [3.63, 3.8) is 0 Å². The molecule has 0 bridgehead atoms. The minimum Gasteiger partial charge on any atom is -0.491 e. The van der Waals surface area contributed by atoms with Crippen molar-refractivity contribution in [1.29, 1.82) is 0 Å². The highest BCUT2D eigenvalue weighted by molar-refractivity contribution is 6.05. The van der Waals surface area contributed by atoms with Crippen LogP contribution in [0.1, 0.15) is 92.2 Å². The second-order valence-electron chi connectivity index (χ2n) is 14.4. The second-order valence-corrected chi connectivity index (χ2v) is 14.4. The van der Waals surface area contributed by atoms with Crippen molar-refractivity contribution in [2.45, 2.75) is 78.7 Å². The highest BCUT2D eigenvalue weighted by Crippen LogP contribution is 2.39. The molecule has 7 rings (SSSR count). The zero-order valence-corrected chi connectivity index (χ0v) is 33.0. The number of primary amides is 2. The topological polar surface area (TPSA) is 254 Å². The molecule has 20 heteroatoms. The quantitative estimate of drug-likeness (QED) is 0.0889. The zero-order valence-electron chi connectivity index (χ0n) is 33.0. The summed E-state index contributed by atoms with van der Waals surface area (Å²) in [6.45, 7) is 7.11. The maximum absolute atomic E-state index is 13.7. The summed E-state index contributed by atoms with van der Waals surface area (Å²) in [6, 6.07) is 8.93. The molecule has 59 heavy (non-hydrogen) atoms. The maximum Gasteiger partial charge on any atom is 0.276 e. The molecule has 0 spiro atoms. The number of benzene rings is 2. The molecule has 4 aromatic heterocycles. The van der Waals surface area contributed by atoms with Crippen LogP contribution in [0.25, 0.3) is 22.1 Å². The predicted octanol–water partition coefficient (Wildman–Crippen LogP) is 3.65. The van der Waals surface area contributed by atoms with Gasteiger partial charge in [-0.05, 0) is 76.9 Å². The Morgan fingerprint density at radius 3 is 2.15 bits per heavy atom. The van der Waals surface area contributed by atoms with Crippen LogP contribution >= 0.6 is 0 Å². The number of amides is 4. The highest BCUT2D eigenvalue weighted by Gasteiger charge is 2.30. The summed E-state index contributed by atoms with van der Waals surface area (Å²) >= 11 is 0. The number of nitrogens with two attached hydrogens (primary N) is 2. The number of hydrogen-bond donors (Lipinski definition) is 5. The van der Waals surface area contributed by atoms with Gasteiger partial charge in [-0.2, -0.15) is 10.2 Å². The number of rotatable bonds is 17. The molecular weight excluding hydrogens is 768 g/mol. The summed E-state index contributed by atoms with van der Waals surface area (Å²) in [6.07, 6.45) is 0.523. The van der Waals surface area contributed by atoms with Crippen LogP contribution in [-0.2, 0) is 19.6 Å². The van der Waals surface area contributed by atoms with Crippen LogP contribution in [0.3, 0.4) is 0 Å². The summed E-state index contributed by atoms with van der Waals surface area (Å²) in [5.41, 5.74) is 15.0. The van der Waals surface area contributed by atoms with Crippen molar-refractivity contribution in [2.75, 3.05) is 30.5 Å². The molecule has 6 aromatic rings. The number of alkyl halides is 1. The van der Waals surface area contributed by atoms with Gasteiger partial charge < -0.3 is 35.2 Å². The van der Waals surface area contributed by atoms with E-state index in [1.807, 2.05) is 11.5 Å². The van der Waals surface area contributed by atoms with Gasteiger partial charge >= 0.3 is 0 Å². The molecule has 0 saturated heterocycles. The Balaban J connectivity index is 1.25. The molecule has 0 fully saturated rings. The normalized spacial score (nSPS) is 14.0. The van der Waals surface area contributed by atoms with Crippen molar-refractivity contribution in [1.82, 2.24) is 38.7 Å². The molecule has 0 radical (unpaired) electrons. The first-order chi connectivity index (χ1) is 28.3. The van der Waals surface area contributed by atoms with E-state index in [1.165, 1.54) is 16.8 Å². The Hall–Kier alpha value is -6.83. The van der Waals surface area contributed by atoms with Crippen LogP contribution in [0.4, 0.5) is 16.3 Å². The number of anilines is 2. The van der Waals surface area contributed by atoms with Gasteiger partial charge in [0, 0.05) is 30.6 Å². The van der Waals surface area contributed by atoms with Gasteiger partial charge in [-0.1, -0.05) is 0 Å². The van der Waals surface area contributed by atoms with Crippen LogP contribution < -0.4 is 31.6 Å². The van der Waals surface area contributed by atoms with Crippen molar-refractivity contribution >= 4 is 57.6 Å². The zero-order chi connectivity index (χ0) is 42.1. The van der Waals surface area contributed by atoms with Gasteiger partial charge in [0.2, 0.25) is 23.7 Å². The Kier molecular flexibility index (Phi) is 11.3. The van der Waals surface area contributed by atoms with Gasteiger partial charge in [-0.3, -0.25) is 39.2 Å². The number of nitrogens with zero attached hydrogens (tertiary/aromatic N) is 8. The van der Waals surface area contributed by atoms with E-state index in [2.05, 4.69) is 20.8 Å². The molecule has 1 aliphatic rings. The summed E-state index contributed by atoms with van der Waals surface area (Å²) in [7, 11) is 0. The minimum atomic E-state index is -0.734. The molecule has 0 saturated carbocycles. The number of aryl methyl sites for hydroxylation is 5. The van der Waals surface area contributed by atoms with Crippen molar-refractivity contribution in [3.8, 4) is 11.5 Å². The van der Waals surface area contributed by atoms with Gasteiger partial charge in [0.25, 0.3) is 11.8 Å². The van der Waals surface area contributed by atoms with E-state index in [-0.39, 0.29) is 66.8 Å². The lowest BCUT2D eigenvalue weighted by atomic mass is 10.1. The number of ether oxygens (including phenoxy) is 2. The molecule has 1 unspecified atom stereocenters. The Morgan fingerprint density at radius 2 is 1.51 bits per heavy atom. The number of hydrogen-bond acceptors (Lipinski definition) is 11. The first kappa shape index (κ1) is 40.4. The average molecular weight is 813 g/mol. The molecular formula is C39H45FN12O7. The first-order valence-corrected chi connectivity index (χ1v) is 19.2. The van der Waals surface area contributed by atoms with E-state index in [4.69, 9.17) is 30.9 Å². The molecule has 4 amide bonds. The lowest BCUT2D eigenvalue weighted by molar-refractivity contribution is 0.0991. The van der Waals surface area contributed by atoms with Gasteiger partial charge in [0.05, 0.1) is 47.7 Å². The number of halogens is 1. The number of aliphatic hydroxyl groups excluding tert-OH is 1. The Bertz CT molecular complexity index is 2600. The fraction of sp³-hybridized carbons (Fsp3) is 0.385. The number of fused-ring (bicyclic) bond motifs is 1. The van der Waals surface area contributed by atoms with Crippen molar-refractivity contribution in [3.05, 3.63) is 70.3 Å². The van der Waals surface area contributed by atoms with E-state index < -0.39 is 36.4 Å². The number of imidazole rings is 2. The molecule has 7 N–H and O–H groups in total. The van der Waals surface area contributed by atoms with Crippen LogP contribution in [-0.4, -0.2) is 93.4 Å². The smallest absolute Gasteiger partial charge is 0.276 e. The fourth-order valence-electron chi connectivity index (χ4n) is 7.26. The Labute approximate surface area is 336 Å². The maximum atomic E-state index is 13.7. The van der Waals surface area contributed by atoms with E-state index in [1.54, 1.807) is 54.3 Å². The Morgan fingerprint density at radius 1 is 0.898 bits per heavy atom. The van der Waals surface area contributed by atoms with Crippen LogP contribution in [0, 0.1) is 13.8 Å². The molecule has 310 valence electrons. The lowest BCUT2D eigenvalue weighted by Crippen LogP contribution is -2.26. The third-order valence-electron chi connectivity index (χ3n) is 9.95. The van der Waals surface area contributed by atoms with E-state index in [0.29, 0.717) is 70.7 Å². The molecule has 19 nitrogen and oxygen atoms in total. The fourth-order valence-corrected chi connectivity index (χ4v) is 7.26. The highest BCUT2D eigenvalue weighted by atomic mass is 19.1. The predicted molar refractivity (Wildman–Crippen MR) is 214 cm³/mol. The number of nitrogens with one attached hydrogen (secondary N) is 2. The van der Waals surface area contributed by atoms with Crippen molar-refractivity contribution < 1.29 is 38.1 Å².